The SMILES string of the molecule is Cc1cc(CNCCOC(N)=O)n(C)n1. The molecule has 0 saturated carbocycles. The van der Waals surface area contributed by atoms with E-state index in [1.54, 1.807) is 0 Å². The lowest BCUT2D eigenvalue weighted by molar-refractivity contribution is 0.157. The number of aryl methyl sites for hydroxylation is 2. The molecule has 1 aromatic rings. The quantitative estimate of drug-likeness (QED) is 0.668. The van der Waals surface area contributed by atoms with Crippen LogP contribution in [0.3, 0.4) is 0 Å². The smallest absolute Gasteiger partial charge is 0.404 e. The van der Waals surface area contributed by atoms with E-state index in [1.165, 1.54) is 0 Å². The Hall–Kier alpha value is -1.56. The van der Waals surface area contributed by atoms with Crippen molar-refractivity contribution in [2.24, 2.45) is 12.8 Å². The zero-order valence-corrected chi connectivity index (χ0v) is 8.99. The van der Waals surface area contributed by atoms with Crippen molar-refractivity contribution in [2.45, 2.75) is 13.5 Å². The van der Waals surface area contributed by atoms with E-state index < -0.39 is 6.09 Å². The fraction of sp³-hybridized carbons (Fsp3) is 0.556. The average Bonchev–Trinajstić information content (AvgIpc) is 2.44. The normalized spacial score (nSPS) is 10.3. The van der Waals surface area contributed by atoms with Crippen LogP contribution in [0.4, 0.5) is 4.79 Å². The predicted molar refractivity (Wildman–Crippen MR) is 55.2 cm³/mol. The fourth-order valence-electron chi connectivity index (χ4n) is 1.27. The molecule has 0 aromatic carbocycles. The molecule has 1 aromatic heterocycles. The van der Waals surface area contributed by atoms with E-state index in [0.29, 0.717) is 13.1 Å². The molecule has 0 aliphatic heterocycles. The van der Waals surface area contributed by atoms with Crippen molar-refractivity contribution in [3.05, 3.63) is 17.5 Å². The van der Waals surface area contributed by atoms with Crippen LogP contribution in [-0.4, -0.2) is 29.0 Å². The predicted octanol–water partition coefficient (Wildman–Crippen LogP) is -0.0866. The second-order valence-electron chi connectivity index (χ2n) is 3.24. The highest BCUT2D eigenvalue weighted by Gasteiger charge is 2.00. The van der Waals surface area contributed by atoms with E-state index in [4.69, 9.17) is 5.73 Å². The van der Waals surface area contributed by atoms with Gasteiger partial charge in [-0.25, -0.2) is 4.79 Å². The molecular weight excluding hydrogens is 196 g/mol. The van der Waals surface area contributed by atoms with Gasteiger partial charge in [0.15, 0.2) is 0 Å². The first kappa shape index (κ1) is 11.5. The summed E-state index contributed by atoms with van der Waals surface area (Å²) in [5.41, 5.74) is 6.89. The van der Waals surface area contributed by atoms with Crippen molar-refractivity contribution in [2.75, 3.05) is 13.2 Å². The molecule has 0 bridgehead atoms. The number of nitrogens with zero attached hydrogens (tertiary/aromatic N) is 2. The molecule has 0 aliphatic rings. The molecule has 0 radical (unpaired) electrons. The first-order valence-corrected chi connectivity index (χ1v) is 4.72. The number of nitrogens with two attached hydrogens (primary N) is 1. The minimum absolute atomic E-state index is 0.284. The van der Waals surface area contributed by atoms with E-state index in [0.717, 1.165) is 11.4 Å². The van der Waals surface area contributed by atoms with Gasteiger partial charge in [-0.3, -0.25) is 4.68 Å². The van der Waals surface area contributed by atoms with Gasteiger partial charge in [0.1, 0.15) is 6.61 Å². The van der Waals surface area contributed by atoms with Crippen molar-refractivity contribution in [3.63, 3.8) is 0 Å². The highest BCUT2D eigenvalue weighted by atomic mass is 16.5. The molecule has 0 fully saturated rings. The third-order valence-electron chi connectivity index (χ3n) is 1.93. The zero-order chi connectivity index (χ0) is 11.3. The Morgan fingerprint density at radius 3 is 3.00 bits per heavy atom. The molecular formula is C9H16N4O2. The summed E-state index contributed by atoms with van der Waals surface area (Å²) in [6, 6.07) is 2.00. The van der Waals surface area contributed by atoms with Gasteiger partial charge >= 0.3 is 6.09 Å². The molecule has 0 unspecified atom stereocenters. The maximum Gasteiger partial charge on any atom is 0.404 e. The Labute approximate surface area is 88.4 Å². The first-order valence-electron chi connectivity index (χ1n) is 4.72. The van der Waals surface area contributed by atoms with Crippen molar-refractivity contribution in [1.82, 2.24) is 15.1 Å². The summed E-state index contributed by atoms with van der Waals surface area (Å²) in [5, 5.41) is 7.33. The number of hydrogen-bond acceptors (Lipinski definition) is 4. The summed E-state index contributed by atoms with van der Waals surface area (Å²) in [5.74, 6) is 0. The van der Waals surface area contributed by atoms with E-state index >= 15 is 0 Å². The molecule has 1 rings (SSSR count). The number of aromatic nitrogens is 2. The largest absolute Gasteiger partial charge is 0.448 e. The molecule has 6 heteroatoms. The van der Waals surface area contributed by atoms with E-state index in [2.05, 4.69) is 15.2 Å². The topological polar surface area (TPSA) is 82.2 Å². The highest BCUT2D eigenvalue weighted by Crippen LogP contribution is 2.00. The van der Waals surface area contributed by atoms with Crippen LogP contribution >= 0.6 is 0 Å². The Balaban J connectivity index is 2.20. The fourth-order valence-corrected chi connectivity index (χ4v) is 1.27. The molecule has 0 aliphatic carbocycles. The summed E-state index contributed by atoms with van der Waals surface area (Å²) in [6.45, 7) is 3.50. The second-order valence-corrected chi connectivity index (χ2v) is 3.24. The molecule has 0 spiro atoms. The number of nitrogens with one attached hydrogen (secondary N) is 1. The van der Waals surface area contributed by atoms with Gasteiger partial charge in [0.2, 0.25) is 0 Å². The van der Waals surface area contributed by atoms with Crippen LogP contribution in [0.2, 0.25) is 0 Å². The molecule has 0 atom stereocenters. The van der Waals surface area contributed by atoms with Crippen LogP contribution in [0, 0.1) is 6.92 Å². The maximum absolute atomic E-state index is 10.2. The van der Waals surface area contributed by atoms with Crippen molar-refractivity contribution < 1.29 is 9.53 Å². The molecule has 15 heavy (non-hydrogen) atoms. The van der Waals surface area contributed by atoms with Crippen LogP contribution in [0.1, 0.15) is 11.4 Å². The number of carbonyl (C=O) groups is 1. The number of rotatable bonds is 5. The lowest BCUT2D eigenvalue weighted by Crippen LogP contribution is -2.24. The number of primary amides is 1. The number of amides is 1. The van der Waals surface area contributed by atoms with Gasteiger partial charge < -0.3 is 15.8 Å². The van der Waals surface area contributed by atoms with Gasteiger partial charge in [0.25, 0.3) is 0 Å². The average molecular weight is 212 g/mol. The van der Waals surface area contributed by atoms with Gasteiger partial charge in [-0.2, -0.15) is 5.10 Å². The Kier molecular flexibility index (Phi) is 4.11. The monoisotopic (exact) mass is 212 g/mol. The van der Waals surface area contributed by atoms with E-state index in [9.17, 15) is 4.79 Å². The van der Waals surface area contributed by atoms with Gasteiger partial charge in [0, 0.05) is 20.1 Å². The lowest BCUT2D eigenvalue weighted by atomic mass is 10.3. The lowest BCUT2D eigenvalue weighted by Gasteiger charge is -2.04. The summed E-state index contributed by atoms with van der Waals surface area (Å²) in [6.07, 6.45) is -0.742. The Bertz CT molecular complexity index is 335. The van der Waals surface area contributed by atoms with Crippen LogP contribution < -0.4 is 11.1 Å². The molecule has 0 saturated heterocycles. The molecule has 1 heterocycles. The third-order valence-corrected chi connectivity index (χ3v) is 1.93. The van der Waals surface area contributed by atoms with E-state index in [-0.39, 0.29) is 6.61 Å². The highest BCUT2D eigenvalue weighted by molar-refractivity contribution is 5.64. The number of hydrogen-bond donors (Lipinski definition) is 2. The molecule has 1 amide bonds. The Morgan fingerprint density at radius 1 is 1.73 bits per heavy atom. The first-order chi connectivity index (χ1) is 7.09. The Morgan fingerprint density at radius 2 is 2.47 bits per heavy atom. The van der Waals surface area contributed by atoms with Crippen LogP contribution in [0.25, 0.3) is 0 Å². The van der Waals surface area contributed by atoms with Crippen molar-refractivity contribution in [1.29, 1.82) is 0 Å². The second kappa shape index (κ2) is 5.35. The summed E-state index contributed by atoms with van der Waals surface area (Å²) in [4.78, 5) is 10.2. The zero-order valence-electron chi connectivity index (χ0n) is 8.99. The van der Waals surface area contributed by atoms with Crippen molar-refractivity contribution >= 4 is 6.09 Å². The van der Waals surface area contributed by atoms with E-state index in [1.807, 2.05) is 24.7 Å². The van der Waals surface area contributed by atoms with Gasteiger partial charge in [-0.1, -0.05) is 0 Å². The molecule has 3 N–H and O–H groups in total. The summed E-state index contributed by atoms with van der Waals surface area (Å²) in [7, 11) is 1.89. The van der Waals surface area contributed by atoms with Crippen LogP contribution in [-0.2, 0) is 18.3 Å². The minimum Gasteiger partial charge on any atom is -0.448 e. The van der Waals surface area contributed by atoms with Crippen LogP contribution in [0.5, 0.6) is 0 Å². The molecule has 84 valence electrons. The van der Waals surface area contributed by atoms with Gasteiger partial charge in [-0.05, 0) is 13.0 Å². The van der Waals surface area contributed by atoms with Crippen LogP contribution in [0.15, 0.2) is 6.07 Å². The third kappa shape index (κ3) is 3.99. The van der Waals surface area contributed by atoms with Gasteiger partial charge in [0.05, 0.1) is 11.4 Å². The minimum atomic E-state index is -0.742. The number of ether oxygens (including phenoxy) is 1. The maximum atomic E-state index is 10.2. The van der Waals surface area contributed by atoms with Gasteiger partial charge in [-0.15, -0.1) is 0 Å². The summed E-state index contributed by atoms with van der Waals surface area (Å²) < 4.78 is 6.39. The number of carbonyl (C=O) groups excluding carboxylic acids is 1. The van der Waals surface area contributed by atoms with Crippen molar-refractivity contribution in [3.8, 4) is 0 Å². The molecule has 6 nitrogen and oxygen atoms in total. The summed E-state index contributed by atoms with van der Waals surface area (Å²) >= 11 is 0. The standard InChI is InChI=1S/C9H16N4O2/c1-7-5-8(13(2)12-7)6-11-3-4-15-9(10)14/h5,11H,3-4,6H2,1-2H3,(H2,10,14).